The van der Waals surface area contributed by atoms with Gasteiger partial charge in [0.25, 0.3) is 5.56 Å². The summed E-state index contributed by atoms with van der Waals surface area (Å²) in [6, 6.07) is 7.11. The maximum absolute atomic E-state index is 12.8. The van der Waals surface area contributed by atoms with Crippen LogP contribution in [0.3, 0.4) is 0 Å². The minimum Gasteiger partial charge on any atom is -0.390 e. The number of hydrogen-bond donors (Lipinski definition) is 1. The number of rotatable bonds is 4. The summed E-state index contributed by atoms with van der Waals surface area (Å²) in [7, 11) is 1.70. The molecule has 25 heavy (non-hydrogen) atoms. The molecule has 3 rings (SSSR count). The Morgan fingerprint density at radius 1 is 1.20 bits per heavy atom. The second-order valence-electron chi connectivity index (χ2n) is 8.34. The van der Waals surface area contributed by atoms with Gasteiger partial charge in [-0.05, 0) is 48.6 Å². The summed E-state index contributed by atoms with van der Waals surface area (Å²) in [6.45, 7) is 4.36. The van der Waals surface area contributed by atoms with Crippen LogP contribution in [0.4, 0.5) is 0 Å². The molecule has 1 aliphatic rings. The molecular formula is C21H27NO3. The fourth-order valence-corrected chi connectivity index (χ4v) is 4.28. The molecule has 4 heteroatoms. The van der Waals surface area contributed by atoms with E-state index < -0.39 is 5.60 Å². The smallest absolute Gasteiger partial charge is 0.258 e. The van der Waals surface area contributed by atoms with Gasteiger partial charge in [0.1, 0.15) is 0 Å². The van der Waals surface area contributed by atoms with E-state index in [1.165, 1.54) is 4.57 Å². The fraction of sp³-hybridized carbons (Fsp3) is 0.524. The van der Waals surface area contributed by atoms with E-state index in [1.54, 1.807) is 31.4 Å². The van der Waals surface area contributed by atoms with Crippen molar-refractivity contribution in [1.82, 2.24) is 4.57 Å². The summed E-state index contributed by atoms with van der Waals surface area (Å²) in [6.07, 6.45) is 6.11. The molecular weight excluding hydrogens is 314 g/mol. The lowest BCUT2D eigenvalue weighted by Crippen LogP contribution is -2.39. The summed E-state index contributed by atoms with van der Waals surface area (Å²) >= 11 is 0. The van der Waals surface area contributed by atoms with E-state index in [9.17, 15) is 14.7 Å². The Hall–Kier alpha value is -1.94. The van der Waals surface area contributed by atoms with Crippen molar-refractivity contribution >= 4 is 16.6 Å². The predicted octanol–water partition coefficient (Wildman–Crippen LogP) is 3.83. The third kappa shape index (κ3) is 3.69. The Morgan fingerprint density at radius 3 is 2.68 bits per heavy atom. The Morgan fingerprint density at radius 2 is 1.96 bits per heavy atom. The van der Waals surface area contributed by atoms with E-state index in [0.29, 0.717) is 29.2 Å². The number of pyridine rings is 1. The second kappa shape index (κ2) is 6.41. The lowest BCUT2D eigenvalue weighted by Gasteiger charge is -2.41. The number of aryl methyl sites for hydroxylation is 1. The van der Waals surface area contributed by atoms with Crippen molar-refractivity contribution in [3.63, 3.8) is 0 Å². The highest BCUT2D eigenvalue weighted by Gasteiger charge is 2.38. The highest BCUT2D eigenvalue weighted by Crippen LogP contribution is 2.43. The summed E-state index contributed by atoms with van der Waals surface area (Å²) in [5, 5.41) is 12.2. The number of aliphatic hydroxyl groups is 1. The van der Waals surface area contributed by atoms with Gasteiger partial charge in [-0.3, -0.25) is 9.59 Å². The van der Waals surface area contributed by atoms with Crippen molar-refractivity contribution in [2.24, 2.45) is 12.5 Å². The average Bonchev–Trinajstić information content (AvgIpc) is 2.54. The molecule has 1 unspecified atom stereocenters. The zero-order valence-corrected chi connectivity index (χ0v) is 15.3. The van der Waals surface area contributed by atoms with Crippen LogP contribution in [0.2, 0.25) is 0 Å². The van der Waals surface area contributed by atoms with Crippen LogP contribution in [0.5, 0.6) is 0 Å². The SMILES string of the molecule is Cn1ccc2c(C(=O)CCC3(O)CCCC(C)(C)C3)cccc2c1=O. The first-order valence-corrected chi connectivity index (χ1v) is 9.05. The fourth-order valence-electron chi connectivity index (χ4n) is 4.28. The monoisotopic (exact) mass is 341 g/mol. The molecule has 1 atom stereocenters. The van der Waals surface area contributed by atoms with E-state index in [2.05, 4.69) is 13.8 Å². The van der Waals surface area contributed by atoms with Gasteiger partial charge >= 0.3 is 0 Å². The summed E-state index contributed by atoms with van der Waals surface area (Å²) < 4.78 is 1.52. The van der Waals surface area contributed by atoms with Gasteiger partial charge in [-0.2, -0.15) is 0 Å². The molecule has 1 fully saturated rings. The van der Waals surface area contributed by atoms with Crippen LogP contribution >= 0.6 is 0 Å². The number of carbonyl (C=O) groups is 1. The topological polar surface area (TPSA) is 59.3 Å². The minimum atomic E-state index is -0.752. The van der Waals surface area contributed by atoms with Crippen LogP contribution in [-0.2, 0) is 7.05 Å². The Balaban J connectivity index is 1.82. The zero-order valence-electron chi connectivity index (χ0n) is 15.3. The van der Waals surface area contributed by atoms with Gasteiger partial charge in [-0.15, -0.1) is 0 Å². The number of hydrogen-bond acceptors (Lipinski definition) is 3. The first-order valence-electron chi connectivity index (χ1n) is 9.05. The number of benzene rings is 1. The molecule has 1 aromatic heterocycles. The molecule has 4 nitrogen and oxygen atoms in total. The van der Waals surface area contributed by atoms with Gasteiger partial charge in [0.2, 0.25) is 0 Å². The van der Waals surface area contributed by atoms with Gasteiger partial charge in [0.15, 0.2) is 5.78 Å². The van der Waals surface area contributed by atoms with Gasteiger partial charge in [0, 0.05) is 30.6 Å². The van der Waals surface area contributed by atoms with Crippen LogP contribution in [0.25, 0.3) is 10.8 Å². The van der Waals surface area contributed by atoms with Crippen LogP contribution < -0.4 is 5.56 Å². The van der Waals surface area contributed by atoms with Crippen molar-refractivity contribution < 1.29 is 9.90 Å². The van der Waals surface area contributed by atoms with Crippen molar-refractivity contribution in [3.05, 3.63) is 46.4 Å². The normalized spacial score (nSPS) is 22.9. The second-order valence-corrected chi connectivity index (χ2v) is 8.34. The maximum Gasteiger partial charge on any atom is 0.258 e. The minimum absolute atomic E-state index is 0.00402. The van der Waals surface area contributed by atoms with Gasteiger partial charge < -0.3 is 9.67 Å². The average molecular weight is 341 g/mol. The van der Waals surface area contributed by atoms with Crippen molar-refractivity contribution in [2.45, 2.75) is 58.0 Å². The van der Waals surface area contributed by atoms with E-state index >= 15 is 0 Å². The van der Waals surface area contributed by atoms with E-state index in [4.69, 9.17) is 0 Å². The number of carbonyl (C=O) groups excluding carboxylic acids is 1. The lowest BCUT2D eigenvalue weighted by atomic mass is 9.68. The number of fused-ring (bicyclic) bond motifs is 1. The molecule has 0 saturated heterocycles. The van der Waals surface area contributed by atoms with Crippen LogP contribution in [0.1, 0.15) is 62.7 Å². The molecule has 134 valence electrons. The number of ketones is 1. The quantitative estimate of drug-likeness (QED) is 0.860. The first kappa shape index (κ1) is 17.9. The molecule has 1 aliphatic carbocycles. The van der Waals surface area contributed by atoms with Crippen LogP contribution in [0, 0.1) is 5.41 Å². The lowest BCUT2D eigenvalue weighted by molar-refractivity contribution is -0.0449. The first-order chi connectivity index (χ1) is 11.7. The molecule has 1 heterocycles. The number of nitrogens with zero attached hydrogens (tertiary/aromatic N) is 1. The van der Waals surface area contributed by atoms with Gasteiger partial charge in [0.05, 0.1) is 5.60 Å². The molecule has 0 bridgehead atoms. The summed E-state index contributed by atoms with van der Waals surface area (Å²) in [4.78, 5) is 25.0. The van der Waals surface area contributed by atoms with E-state index in [-0.39, 0.29) is 16.8 Å². The zero-order chi connectivity index (χ0) is 18.2. The number of aromatic nitrogens is 1. The molecule has 1 saturated carbocycles. The van der Waals surface area contributed by atoms with Gasteiger partial charge in [-0.25, -0.2) is 0 Å². The Labute approximate surface area is 148 Å². The Bertz CT molecular complexity index is 865. The Kier molecular flexibility index (Phi) is 4.58. The van der Waals surface area contributed by atoms with Gasteiger partial charge in [-0.1, -0.05) is 32.4 Å². The number of Topliss-reactive ketones (excluding diaryl/α,β-unsaturated/α-hetero) is 1. The summed E-state index contributed by atoms with van der Waals surface area (Å²) in [5.41, 5.74) is -0.145. The van der Waals surface area contributed by atoms with E-state index in [0.717, 1.165) is 25.7 Å². The van der Waals surface area contributed by atoms with Crippen molar-refractivity contribution in [2.75, 3.05) is 0 Å². The van der Waals surface area contributed by atoms with E-state index in [1.807, 2.05) is 6.07 Å². The predicted molar refractivity (Wildman–Crippen MR) is 100.0 cm³/mol. The molecule has 1 aromatic carbocycles. The molecule has 1 N–H and O–H groups in total. The van der Waals surface area contributed by atoms with Crippen LogP contribution in [0.15, 0.2) is 35.3 Å². The molecule has 0 amide bonds. The highest BCUT2D eigenvalue weighted by atomic mass is 16.3. The molecule has 0 aliphatic heterocycles. The third-order valence-corrected chi connectivity index (χ3v) is 5.54. The van der Waals surface area contributed by atoms with Crippen molar-refractivity contribution in [1.29, 1.82) is 0 Å². The maximum atomic E-state index is 12.8. The molecule has 2 aromatic rings. The van der Waals surface area contributed by atoms with Crippen molar-refractivity contribution in [3.8, 4) is 0 Å². The summed E-state index contributed by atoms with van der Waals surface area (Å²) in [5.74, 6) is -0.00402. The molecule has 0 radical (unpaired) electrons. The largest absolute Gasteiger partial charge is 0.390 e. The highest BCUT2D eigenvalue weighted by molar-refractivity contribution is 6.07. The molecule has 0 spiro atoms. The van der Waals surface area contributed by atoms with Crippen LogP contribution in [-0.4, -0.2) is 21.1 Å². The third-order valence-electron chi connectivity index (χ3n) is 5.54. The standard InChI is InChI=1S/C21H27NO3/c1-20(2)10-5-11-21(25,14-20)12-8-18(23)16-6-4-7-17-15(16)9-13-22(3)19(17)24/h4,6-7,9,13,25H,5,8,10-12,14H2,1-3H3.